The molecule has 0 aliphatic carbocycles. The zero-order valence-electron chi connectivity index (χ0n) is 13.0. The molecule has 1 heterocycles. The van der Waals surface area contributed by atoms with E-state index in [1.807, 2.05) is 0 Å². The summed E-state index contributed by atoms with van der Waals surface area (Å²) in [6, 6.07) is 7.09. The Hall–Kier alpha value is -0.860. The Bertz CT molecular complexity index is 457. The summed E-state index contributed by atoms with van der Waals surface area (Å²) in [5.74, 6) is 0.351. The minimum Gasteiger partial charge on any atom is -0.389 e. The average Bonchev–Trinajstić information content (AvgIpc) is 2.31. The average molecular weight is 262 g/mol. The first kappa shape index (κ1) is 14.5. The lowest BCUT2D eigenvalue weighted by Crippen LogP contribution is -3.15. The molecule has 1 aromatic rings. The fraction of sp³-hybridized carbons (Fsp3) is 0.647. The normalized spacial score (nSPS) is 35.4. The molecule has 0 aromatic heterocycles. The summed E-state index contributed by atoms with van der Waals surface area (Å²) < 4.78 is 0. The van der Waals surface area contributed by atoms with Crippen LogP contribution in [0.4, 0.5) is 0 Å². The van der Waals surface area contributed by atoms with Gasteiger partial charge in [0.15, 0.2) is 0 Å². The predicted octanol–water partition coefficient (Wildman–Crippen LogP) is 1.52. The summed E-state index contributed by atoms with van der Waals surface area (Å²) in [5, 5.41) is 11.1. The minimum atomic E-state index is -0.543. The van der Waals surface area contributed by atoms with Crippen LogP contribution in [0, 0.1) is 19.8 Å². The molecule has 0 spiro atoms. The number of hydrogen-bond acceptors (Lipinski definition) is 1. The maximum absolute atomic E-state index is 11.1. The molecule has 0 amide bonds. The molecule has 2 N–H and O–H groups in total. The molecule has 0 radical (unpaired) electrons. The van der Waals surface area contributed by atoms with E-state index in [2.05, 4.69) is 52.9 Å². The fourth-order valence-electron chi connectivity index (χ4n) is 3.40. The van der Waals surface area contributed by atoms with Gasteiger partial charge in [-0.2, -0.15) is 0 Å². The minimum absolute atomic E-state index is 0.351. The predicted molar refractivity (Wildman–Crippen MR) is 79.6 cm³/mol. The molecule has 0 saturated carbocycles. The number of aryl methyl sites for hydroxylation is 2. The number of nitrogens with one attached hydrogen (secondary N) is 1. The number of likely N-dealkylation sites (tertiary alicyclic amines) is 1. The highest BCUT2D eigenvalue weighted by Gasteiger charge is 2.43. The molecule has 1 aliphatic heterocycles. The highest BCUT2D eigenvalue weighted by atomic mass is 16.3. The first-order chi connectivity index (χ1) is 8.82. The van der Waals surface area contributed by atoms with Crippen molar-refractivity contribution >= 4 is 0 Å². The van der Waals surface area contributed by atoms with E-state index < -0.39 is 5.60 Å². The molecule has 1 fully saturated rings. The van der Waals surface area contributed by atoms with Crippen molar-refractivity contribution in [1.29, 1.82) is 0 Å². The quantitative estimate of drug-likeness (QED) is 0.830. The molecule has 19 heavy (non-hydrogen) atoms. The van der Waals surface area contributed by atoms with Crippen LogP contribution in [0.5, 0.6) is 0 Å². The molecule has 1 unspecified atom stereocenters. The van der Waals surface area contributed by atoms with E-state index in [-0.39, 0.29) is 0 Å². The van der Waals surface area contributed by atoms with E-state index in [4.69, 9.17) is 0 Å². The van der Waals surface area contributed by atoms with Crippen LogP contribution in [0.3, 0.4) is 0 Å². The molecule has 2 rings (SSSR count). The van der Waals surface area contributed by atoms with Gasteiger partial charge in [-0.25, -0.2) is 0 Å². The lowest BCUT2D eigenvalue weighted by atomic mass is 9.75. The Morgan fingerprint density at radius 1 is 1.32 bits per heavy atom. The van der Waals surface area contributed by atoms with Gasteiger partial charge in [0.05, 0.1) is 25.2 Å². The molecule has 1 saturated heterocycles. The Labute approximate surface area is 117 Å². The molecule has 2 nitrogen and oxygen atoms in total. The van der Waals surface area contributed by atoms with Crippen molar-refractivity contribution in [3.8, 4) is 0 Å². The number of aliphatic hydroxyl groups is 1. The molecular formula is C17H28NO+. The second kappa shape index (κ2) is 5.26. The summed E-state index contributed by atoms with van der Waals surface area (Å²) in [5.41, 5.74) is 3.35. The summed E-state index contributed by atoms with van der Waals surface area (Å²) in [7, 11) is 2.23. The van der Waals surface area contributed by atoms with Gasteiger partial charge in [-0.05, 0) is 31.9 Å². The second-order valence-electron chi connectivity index (χ2n) is 6.77. The second-order valence-corrected chi connectivity index (χ2v) is 6.77. The van der Waals surface area contributed by atoms with Gasteiger partial charge in [-0.3, -0.25) is 0 Å². The van der Waals surface area contributed by atoms with E-state index >= 15 is 0 Å². The van der Waals surface area contributed by atoms with Gasteiger partial charge < -0.3 is 10.0 Å². The summed E-state index contributed by atoms with van der Waals surface area (Å²) in [6.45, 7) is 9.77. The van der Waals surface area contributed by atoms with Crippen molar-refractivity contribution in [2.45, 2.75) is 52.2 Å². The van der Waals surface area contributed by atoms with Gasteiger partial charge in [0, 0.05) is 18.8 Å². The topological polar surface area (TPSA) is 24.7 Å². The van der Waals surface area contributed by atoms with Crippen LogP contribution in [0.2, 0.25) is 0 Å². The summed E-state index contributed by atoms with van der Waals surface area (Å²) >= 11 is 0. The van der Waals surface area contributed by atoms with Crippen LogP contribution in [0.25, 0.3) is 0 Å². The standard InChI is InChI=1S/C17H27NO/c1-12-6-7-16(13(2)8-12)10-17(19)9-15(4)18(5)11-14(17)3/h6-8,14-15,19H,9-11H2,1-5H3/p+1/t14-,15-,17-/m0/s1. The van der Waals surface area contributed by atoms with Gasteiger partial charge in [0.1, 0.15) is 0 Å². The lowest BCUT2D eigenvalue weighted by Gasteiger charge is -2.43. The van der Waals surface area contributed by atoms with Crippen LogP contribution in [0.15, 0.2) is 18.2 Å². The molecule has 4 atom stereocenters. The van der Waals surface area contributed by atoms with Crippen LogP contribution in [-0.2, 0) is 6.42 Å². The van der Waals surface area contributed by atoms with Crippen LogP contribution in [-0.4, -0.2) is 30.3 Å². The largest absolute Gasteiger partial charge is 0.389 e. The lowest BCUT2D eigenvalue weighted by molar-refractivity contribution is -0.916. The van der Waals surface area contributed by atoms with E-state index in [9.17, 15) is 5.11 Å². The third kappa shape index (κ3) is 3.01. The van der Waals surface area contributed by atoms with Crippen LogP contribution < -0.4 is 4.90 Å². The Balaban J connectivity index is 2.20. The molecule has 0 bridgehead atoms. The smallest absolute Gasteiger partial charge is 0.0872 e. The summed E-state index contributed by atoms with van der Waals surface area (Å²) in [6.07, 6.45) is 1.69. The number of benzene rings is 1. The molecule has 1 aromatic carbocycles. The number of quaternary nitrogens is 1. The number of rotatable bonds is 2. The summed E-state index contributed by atoms with van der Waals surface area (Å²) in [4.78, 5) is 1.54. The highest BCUT2D eigenvalue weighted by Crippen LogP contribution is 2.30. The zero-order valence-corrected chi connectivity index (χ0v) is 13.0. The molecule has 2 heteroatoms. The maximum Gasteiger partial charge on any atom is 0.0872 e. The van der Waals surface area contributed by atoms with Crippen molar-refractivity contribution in [2.75, 3.05) is 13.6 Å². The Morgan fingerprint density at radius 3 is 2.63 bits per heavy atom. The van der Waals surface area contributed by atoms with E-state index in [0.29, 0.717) is 12.0 Å². The van der Waals surface area contributed by atoms with Crippen molar-refractivity contribution in [1.82, 2.24) is 0 Å². The van der Waals surface area contributed by atoms with Gasteiger partial charge in [0.25, 0.3) is 0 Å². The van der Waals surface area contributed by atoms with Crippen molar-refractivity contribution in [3.63, 3.8) is 0 Å². The first-order valence-electron chi connectivity index (χ1n) is 7.42. The Morgan fingerprint density at radius 2 is 2.00 bits per heavy atom. The fourth-order valence-corrected chi connectivity index (χ4v) is 3.40. The van der Waals surface area contributed by atoms with Crippen molar-refractivity contribution in [2.24, 2.45) is 5.92 Å². The van der Waals surface area contributed by atoms with Crippen molar-refractivity contribution < 1.29 is 10.0 Å². The van der Waals surface area contributed by atoms with Crippen LogP contribution >= 0.6 is 0 Å². The highest BCUT2D eigenvalue weighted by molar-refractivity contribution is 5.31. The molecular weight excluding hydrogens is 234 g/mol. The third-order valence-corrected chi connectivity index (χ3v) is 5.04. The van der Waals surface area contributed by atoms with Crippen LogP contribution in [0.1, 0.15) is 37.0 Å². The first-order valence-corrected chi connectivity index (χ1v) is 7.42. The third-order valence-electron chi connectivity index (χ3n) is 5.04. The molecule has 106 valence electrons. The van der Waals surface area contributed by atoms with Gasteiger partial charge in [-0.15, -0.1) is 0 Å². The zero-order chi connectivity index (χ0) is 14.2. The van der Waals surface area contributed by atoms with Gasteiger partial charge in [-0.1, -0.05) is 30.7 Å². The van der Waals surface area contributed by atoms with Gasteiger partial charge >= 0.3 is 0 Å². The Kier molecular flexibility index (Phi) is 4.03. The number of piperidine rings is 1. The van der Waals surface area contributed by atoms with E-state index in [1.54, 1.807) is 0 Å². The van der Waals surface area contributed by atoms with E-state index in [0.717, 1.165) is 19.4 Å². The SMILES string of the molecule is Cc1ccc(C[C@@]2(O)C[C@H](C)[NH+](C)C[C@@H]2C)c(C)c1. The monoisotopic (exact) mass is 262 g/mol. The van der Waals surface area contributed by atoms with E-state index in [1.165, 1.54) is 21.6 Å². The van der Waals surface area contributed by atoms with Crippen molar-refractivity contribution in [3.05, 3.63) is 34.9 Å². The molecule has 1 aliphatic rings. The van der Waals surface area contributed by atoms with Gasteiger partial charge in [0.2, 0.25) is 0 Å². The maximum atomic E-state index is 11.1. The number of hydrogen-bond donors (Lipinski definition) is 2.